The number of aromatic nitrogens is 4. The Labute approximate surface area is 111 Å². The Morgan fingerprint density at radius 1 is 1.42 bits per heavy atom. The molecular weight excluding hydrogens is 244 g/mol. The van der Waals surface area contributed by atoms with Crippen molar-refractivity contribution in [3.63, 3.8) is 0 Å². The number of methoxy groups -OCH3 is 1. The Morgan fingerprint density at radius 3 is 2.95 bits per heavy atom. The largest absolute Gasteiger partial charge is 0.378 e. The van der Waals surface area contributed by atoms with Crippen molar-refractivity contribution in [1.82, 2.24) is 19.5 Å². The normalized spacial score (nSPS) is 10.7. The molecule has 0 atom stereocenters. The zero-order valence-electron chi connectivity index (χ0n) is 11.1. The van der Waals surface area contributed by atoms with E-state index in [0.29, 0.717) is 18.2 Å². The van der Waals surface area contributed by atoms with Gasteiger partial charge in [0.25, 0.3) is 0 Å². The second-order valence-corrected chi connectivity index (χ2v) is 4.12. The van der Waals surface area contributed by atoms with Crippen molar-refractivity contribution in [3.8, 4) is 11.5 Å². The maximum absolute atomic E-state index is 5.43. The van der Waals surface area contributed by atoms with Crippen LogP contribution in [0.3, 0.4) is 0 Å². The number of anilines is 1. The summed E-state index contributed by atoms with van der Waals surface area (Å²) in [6.45, 7) is 3.39. The van der Waals surface area contributed by atoms with Crippen LogP contribution in [0, 0.1) is 0 Å². The van der Waals surface area contributed by atoms with Crippen LogP contribution in [0.5, 0.6) is 0 Å². The highest BCUT2D eigenvalue weighted by Gasteiger charge is 2.10. The van der Waals surface area contributed by atoms with Gasteiger partial charge < -0.3 is 14.7 Å². The zero-order chi connectivity index (χ0) is 13.7. The molecule has 0 spiro atoms. The van der Waals surface area contributed by atoms with E-state index in [1.54, 1.807) is 25.7 Å². The van der Waals surface area contributed by atoms with E-state index < -0.39 is 0 Å². The van der Waals surface area contributed by atoms with Crippen LogP contribution in [-0.4, -0.2) is 26.6 Å². The summed E-state index contributed by atoms with van der Waals surface area (Å²) in [5, 5.41) is 0. The summed E-state index contributed by atoms with van der Waals surface area (Å²) in [5.41, 5.74) is 4.18. The number of nitrogens with two attached hydrogens (primary N) is 1. The van der Waals surface area contributed by atoms with Gasteiger partial charge in [-0.25, -0.2) is 20.8 Å². The Kier molecular flexibility index (Phi) is 4.43. The van der Waals surface area contributed by atoms with Crippen molar-refractivity contribution < 1.29 is 4.74 Å². The molecule has 0 saturated heterocycles. The maximum Gasteiger partial charge on any atom is 0.180 e. The molecule has 0 bridgehead atoms. The first-order valence-corrected chi connectivity index (χ1v) is 6.12. The van der Waals surface area contributed by atoms with Gasteiger partial charge in [-0.05, 0) is 6.42 Å². The van der Waals surface area contributed by atoms with E-state index >= 15 is 0 Å². The Bertz CT molecular complexity index is 539. The molecular formula is C12H18N6O. The van der Waals surface area contributed by atoms with E-state index in [-0.39, 0.29) is 0 Å². The summed E-state index contributed by atoms with van der Waals surface area (Å²) in [4.78, 5) is 13.0. The number of ether oxygens (including phenoxy) is 1. The molecule has 0 amide bonds. The average Bonchev–Trinajstić information content (AvgIpc) is 2.87. The van der Waals surface area contributed by atoms with Crippen molar-refractivity contribution in [2.45, 2.75) is 26.5 Å². The van der Waals surface area contributed by atoms with Crippen molar-refractivity contribution in [2.24, 2.45) is 5.84 Å². The van der Waals surface area contributed by atoms with Crippen molar-refractivity contribution in [3.05, 3.63) is 24.3 Å². The van der Waals surface area contributed by atoms with Gasteiger partial charge in [-0.3, -0.25) is 0 Å². The summed E-state index contributed by atoms with van der Waals surface area (Å²) < 4.78 is 7.12. The molecule has 2 rings (SSSR count). The van der Waals surface area contributed by atoms with E-state index in [9.17, 15) is 0 Å². The van der Waals surface area contributed by atoms with Gasteiger partial charge in [-0.2, -0.15) is 0 Å². The third-order valence-electron chi connectivity index (χ3n) is 2.63. The minimum Gasteiger partial charge on any atom is -0.378 e. The summed E-state index contributed by atoms with van der Waals surface area (Å²) in [6, 6.07) is 1.76. The molecule has 0 aliphatic carbocycles. The lowest BCUT2D eigenvalue weighted by Gasteiger charge is -2.09. The van der Waals surface area contributed by atoms with Crippen LogP contribution in [0.15, 0.2) is 18.6 Å². The number of rotatable bonds is 6. The average molecular weight is 262 g/mol. The first-order chi connectivity index (χ1) is 9.28. The molecule has 2 aromatic heterocycles. The summed E-state index contributed by atoms with van der Waals surface area (Å²) in [5.74, 6) is 6.58. The van der Waals surface area contributed by atoms with Crippen LogP contribution in [0.25, 0.3) is 11.5 Å². The fraction of sp³-hybridized carbons (Fsp3) is 0.417. The van der Waals surface area contributed by atoms with E-state index in [1.807, 2.05) is 4.57 Å². The molecule has 0 saturated carbocycles. The van der Waals surface area contributed by atoms with Gasteiger partial charge in [-0.15, -0.1) is 0 Å². The molecule has 2 aromatic rings. The van der Waals surface area contributed by atoms with E-state index in [1.165, 1.54) is 0 Å². The van der Waals surface area contributed by atoms with Gasteiger partial charge in [-0.1, -0.05) is 6.92 Å². The lowest BCUT2D eigenvalue weighted by molar-refractivity contribution is 0.181. The number of aryl methyl sites for hydroxylation is 1. The van der Waals surface area contributed by atoms with Crippen LogP contribution in [0.2, 0.25) is 0 Å². The highest BCUT2D eigenvalue weighted by atomic mass is 16.5. The van der Waals surface area contributed by atoms with Crippen LogP contribution < -0.4 is 11.3 Å². The molecule has 102 valence electrons. The fourth-order valence-corrected chi connectivity index (χ4v) is 1.83. The maximum atomic E-state index is 5.43. The molecule has 7 heteroatoms. The minimum atomic E-state index is 0.409. The molecule has 0 aromatic carbocycles. The molecule has 0 fully saturated rings. The van der Waals surface area contributed by atoms with Crippen molar-refractivity contribution in [1.29, 1.82) is 0 Å². The van der Waals surface area contributed by atoms with Gasteiger partial charge in [0.1, 0.15) is 11.5 Å². The van der Waals surface area contributed by atoms with Crippen LogP contribution >= 0.6 is 0 Å². The summed E-state index contributed by atoms with van der Waals surface area (Å²) in [7, 11) is 1.62. The number of nitrogen functional groups attached to an aromatic ring is 1. The van der Waals surface area contributed by atoms with Crippen LogP contribution in [-0.2, 0) is 17.9 Å². The highest BCUT2D eigenvalue weighted by molar-refractivity contribution is 5.52. The smallest absolute Gasteiger partial charge is 0.180 e. The van der Waals surface area contributed by atoms with Crippen LogP contribution in [0.4, 0.5) is 5.82 Å². The third-order valence-corrected chi connectivity index (χ3v) is 2.63. The number of hydrogen-bond donors (Lipinski definition) is 2. The quantitative estimate of drug-likeness (QED) is 0.600. The number of imidazole rings is 1. The van der Waals surface area contributed by atoms with Gasteiger partial charge in [0.05, 0.1) is 24.8 Å². The third kappa shape index (κ3) is 3.07. The first kappa shape index (κ1) is 13.4. The lowest BCUT2D eigenvalue weighted by atomic mass is 10.3. The molecule has 0 aliphatic heterocycles. The second kappa shape index (κ2) is 6.26. The van der Waals surface area contributed by atoms with Crippen molar-refractivity contribution >= 4 is 5.82 Å². The SMILES string of the molecule is CCCn1cncc1-c1nc(COC)cc(NN)n1. The predicted octanol–water partition coefficient (Wildman–Crippen LogP) is 1.18. The molecule has 3 N–H and O–H groups in total. The van der Waals surface area contributed by atoms with Crippen molar-refractivity contribution in [2.75, 3.05) is 12.5 Å². The van der Waals surface area contributed by atoms with Gasteiger partial charge in [0, 0.05) is 19.7 Å². The lowest BCUT2D eigenvalue weighted by Crippen LogP contribution is -2.11. The Hall–Kier alpha value is -1.99. The molecule has 0 radical (unpaired) electrons. The minimum absolute atomic E-state index is 0.409. The number of hydrazine groups is 1. The molecule has 19 heavy (non-hydrogen) atoms. The first-order valence-electron chi connectivity index (χ1n) is 6.12. The van der Waals surface area contributed by atoms with Crippen LogP contribution in [0.1, 0.15) is 19.0 Å². The monoisotopic (exact) mass is 262 g/mol. The summed E-state index contributed by atoms with van der Waals surface area (Å²) >= 11 is 0. The topological polar surface area (TPSA) is 90.9 Å². The highest BCUT2D eigenvalue weighted by Crippen LogP contribution is 2.18. The fourth-order valence-electron chi connectivity index (χ4n) is 1.83. The Morgan fingerprint density at radius 2 is 2.26 bits per heavy atom. The number of nitrogens with zero attached hydrogens (tertiary/aromatic N) is 4. The van der Waals surface area contributed by atoms with Gasteiger partial charge in [0.15, 0.2) is 5.82 Å². The molecule has 0 unspecified atom stereocenters. The van der Waals surface area contributed by atoms with E-state index in [0.717, 1.165) is 24.4 Å². The zero-order valence-corrected chi connectivity index (χ0v) is 11.1. The van der Waals surface area contributed by atoms with E-state index in [4.69, 9.17) is 10.6 Å². The Balaban J connectivity index is 2.42. The van der Waals surface area contributed by atoms with Gasteiger partial charge >= 0.3 is 0 Å². The summed E-state index contributed by atoms with van der Waals surface area (Å²) in [6.07, 6.45) is 4.55. The predicted molar refractivity (Wildman–Crippen MR) is 72.1 cm³/mol. The second-order valence-electron chi connectivity index (χ2n) is 4.12. The molecule has 7 nitrogen and oxygen atoms in total. The molecule has 2 heterocycles. The van der Waals surface area contributed by atoms with Gasteiger partial charge in [0.2, 0.25) is 0 Å². The van der Waals surface area contributed by atoms with E-state index in [2.05, 4.69) is 27.3 Å². The molecule has 0 aliphatic rings. The number of nitrogens with one attached hydrogen (secondary N) is 1. The number of hydrogen-bond acceptors (Lipinski definition) is 6. The standard InChI is InChI=1S/C12H18N6O/c1-3-4-18-8-14-6-10(18)12-15-9(7-19-2)5-11(16-12)17-13/h5-6,8H,3-4,7,13H2,1-2H3,(H,15,16,17).